The molecule has 2 amide bonds. The Morgan fingerprint density at radius 3 is 2.43 bits per heavy atom. The molecule has 0 aromatic heterocycles. The SMILES string of the molecule is O=C(COC(=O)COc1ccccc1F)Nc1ccccc1C(=O)NC1CCCC1. The van der Waals surface area contributed by atoms with Gasteiger partial charge in [0.15, 0.2) is 24.8 Å². The number of carbonyl (C=O) groups is 3. The van der Waals surface area contributed by atoms with Crippen LogP contribution in [0.3, 0.4) is 0 Å². The molecule has 7 nitrogen and oxygen atoms in total. The Morgan fingerprint density at radius 2 is 1.67 bits per heavy atom. The summed E-state index contributed by atoms with van der Waals surface area (Å²) in [5, 5.41) is 5.55. The lowest BCUT2D eigenvalue weighted by Gasteiger charge is -2.15. The van der Waals surface area contributed by atoms with Crippen LogP contribution in [0.1, 0.15) is 36.0 Å². The standard InChI is InChI=1S/C22H23FN2O5/c23-17-10-4-6-12-19(17)29-14-21(27)30-13-20(26)25-18-11-5-3-9-16(18)22(28)24-15-7-1-2-8-15/h3-6,9-12,15H,1-2,7-8,13-14H2,(H,24,28)(H,25,26). The second-order valence-corrected chi connectivity index (χ2v) is 6.93. The van der Waals surface area contributed by atoms with E-state index in [-0.39, 0.29) is 17.7 Å². The maximum atomic E-state index is 13.5. The largest absolute Gasteiger partial charge is 0.479 e. The molecule has 2 aromatic carbocycles. The van der Waals surface area contributed by atoms with E-state index in [0.717, 1.165) is 25.7 Å². The molecule has 1 fully saturated rings. The fraction of sp³-hybridized carbons (Fsp3) is 0.318. The zero-order valence-electron chi connectivity index (χ0n) is 16.4. The van der Waals surface area contributed by atoms with E-state index in [1.807, 2.05) is 0 Å². The van der Waals surface area contributed by atoms with Crippen molar-refractivity contribution < 1.29 is 28.2 Å². The first-order chi connectivity index (χ1) is 14.5. The Hall–Kier alpha value is -3.42. The van der Waals surface area contributed by atoms with Crippen molar-refractivity contribution in [2.24, 2.45) is 0 Å². The molecule has 1 aliphatic carbocycles. The predicted octanol–water partition coefficient (Wildman–Crippen LogP) is 3.06. The summed E-state index contributed by atoms with van der Waals surface area (Å²) in [6.45, 7) is -1.09. The number of amides is 2. The Bertz CT molecular complexity index is 912. The van der Waals surface area contributed by atoms with Crippen molar-refractivity contribution in [2.45, 2.75) is 31.7 Å². The molecule has 0 spiro atoms. The van der Waals surface area contributed by atoms with Gasteiger partial charge in [-0.2, -0.15) is 0 Å². The second-order valence-electron chi connectivity index (χ2n) is 6.93. The van der Waals surface area contributed by atoms with Gasteiger partial charge in [0.1, 0.15) is 0 Å². The lowest BCUT2D eigenvalue weighted by atomic mass is 10.1. The Kier molecular flexibility index (Phi) is 7.37. The van der Waals surface area contributed by atoms with E-state index in [1.54, 1.807) is 30.3 Å². The molecule has 8 heteroatoms. The van der Waals surface area contributed by atoms with Crippen LogP contribution >= 0.6 is 0 Å². The third kappa shape index (κ3) is 6.04. The highest BCUT2D eigenvalue weighted by Crippen LogP contribution is 2.20. The lowest BCUT2D eigenvalue weighted by molar-refractivity contribution is -0.149. The highest BCUT2D eigenvalue weighted by atomic mass is 19.1. The third-order valence-corrected chi connectivity index (χ3v) is 4.68. The van der Waals surface area contributed by atoms with Gasteiger partial charge in [0.2, 0.25) is 0 Å². The minimum Gasteiger partial charge on any atom is -0.479 e. The maximum absolute atomic E-state index is 13.5. The molecular formula is C22H23FN2O5. The molecule has 1 saturated carbocycles. The van der Waals surface area contributed by atoms with Gasteiger partial charge in [0.25, 0.3) is 11.8 Å². The van der Waals surface area contributed by atoms with E-state index in [2.05, 4.69) is 10.6 Å². The minimum atomic E-state index is -0.819. The van der Waals surface area contributed by atoms with Gasteiger partial charge in [-0.1, -0.05) is 37.1 Å². The molecule has 0 atom stereocenters. The number of benzene rings is 2. The van der Waals surface area contributed by atoms with E-state index in [0.29, 0.717) is 11.3 Å². The van der Waals surface area contributed by atoms with Crippen LogP contribution in [0.25, 0.3) is 0 Å². The molecule has 2 aromatic rings. The first kappa shape index (κ1) is 21.3. The molecule has 158 valence electrons. The van der Waals surface area contributed by atoms with E-state index in [9.17, 15) is 18.8 Å². The summed E-state index contributed by atoms with van der Waals surface area (Å²) in [6.07, 6.45) is 4.08. The van der Waals surface area contributed by atoms with Crippen molar-refractivity contribution in [1.29, 1.82) is 0 Å². The normalized spacial score (nSPS) is 13.5. The third-order valence-electron chi connectivity index (χ3n) is 4.68. The van der Waals surface area contributed by atoms with E-state index in [4.69, 9.17) is 9.47 Å². The average molecular weight is 414 g/mol. The Labute approximate surface area is 173 Å². The first-order valence-electron chi connectivity index (χ1n) is 9.75. The van der Waals surface area contributed by atoms with Crippen LogP contribution in [-0.4, -0.2) is 37.0 Å². The van der Waals surface area contributed by atoms with E-state index >= 15 is 0 Å². The van der Waals surface area contributed by atoms with Gasteiger partial charge in [-0.3, -0.25) is 9.59 Å². The zero-order chi connectivity index (χ0) is 21.3. The molecule has 0 bridgehead atoms. The molecule has 1 aliphatic rings. The molecule has 0 heterocycles. The molecule has 2 N–H and O–H groups in total. The van der Waals surface area contributed by atoms with Crippen LogP contribution < -0.4 is 15.4 Å². The van der Waals surface area contributed by atoms with Crippen molar-refractivity contribution in [3.63, 3.8) is 0 Å². The summed E-state index contributed by atoms with van der Waals surface area (Å²) < 4.78 is 23.3. The number of anilines is 1. The highest BCUT2D eigenvalue weighted by Gasteiger charge is 2.20. The fourth-order valence-electron chi connectivity index (χ4n) is 3.20. The average Bonchev–Trinajstić information content (AvgIpc) is 3.25. The van der Waals surface area contributed by atoms with E-state index in [1.165, 1.54) is 18.2 Å². The van der Waals surface area contributed by atoms with Crippen LogP contribution in [0, 0.1) is 5.82 Å². The Balaban J connectivity index is 1.48. The smallest absolute Gasteiger partial charge is 0.344 e. The van der Waals surface area contributed by atoms with Gasteiger partial charge in [0, 0.05) is 6.04 Å². The minimum absolute atomic E-state index is 0.0823. The molecule has 30 heavy (non-hydrogen) atoms. The molecular weight excluding hydrogens is 391 g/mol. The van der Waals surface area contributed by atoms with Crippen molar-refractivity contribution in [3.8, 4) is 5.75 Å². The summed E-state index contributed by atoms with van der Waals surface area (Å²) in [6, 6.07) is 12.4. The topological polar surface area (TPSA) is 93.7 Å². The molecule has 0 unspecified atom stereocenters. The van der Waals surface area contributed by atoms with Crippen LogP contribution in [-0.2, 0) is 14.3 Å². The van der Waals surface area contributed by atoms with Crippen LogP contribution in [0.5, 0.6) is 5.75 Å². The lowest BCUT2D eigenvalue weighted by Crippen LogP contribution is -2.33. The fourth-order valence-corrected chi connectivity index (χ4v) is 3.20. The van der Waals surface area contributed by atoms with E-state index < -0.39 is 30.9 Å². The number of esters is 1. The number of nitrogens with one attached hydrogen (secondary N) is 2. The zero-order valence-corrected chi connectivity index (χ0v) is 16.4. The van der Waals surface area contributed by atoms with Gasteiger partial charge in [-0.15, -0.1) is 0 Å². The molecule has 0 radical (unpaired) electrons. The number of rotatable bonds is 8. The number of para-hydroxylation sites is 2. The van der Waals surface area contributed by atoms with Gasteiger partial charge in [-0.05, 0) is 37.1 Å². The summed E-state index contributed by atoms with van der Waals surface area (Å²) in [5.74, 6) is -2.36. The maximum Gasteiger partial charge on any atom is 0.344 e. The van der Waals surface area contributed by atoms with Crippen molar-refractivity contribution >= 4 is 23.5 Å². The highest BCUT2D eigenvalue weighted by molar-refractivity contribution is 6.04. The Morgan fingerprint density at radius 1 is 0.967 bits per heavy atom. The second kappa shape index (κ2) is 10.4. The van der Waals surface area contributed by atoms with Gasteiger partial charge in [0.05, 0.1) is 11.3 Å². The number of ether oxygens (including phenoxy) is 2. The van der Waals surface area contributed by atoms with Gasteiger partial charge >= 0.3 is 5.97 Å². The number of halogens is 1. The van der Waals surface area contributed by atoms with Crippen LogP contribution in [0.2, 0.25) is 0 Å². The van der Waals surface area contributed by atoms with Crippen molar-refractivity contribution in [1.82, 2.24) is 5.32 Å². The number of carbonyl (C=O) groups excluding carboxylic acids is 3. The first-order valence-corrected chi connectivity index (χ1v) is 9.75. The van der Waals surface area contributed by atoms with Gasteiger partial charge in [-0.25, -0.2) is 9.18 Å². The van der Waals surface area contributed by atoms with Crippen molar-refractivity contribution in [2.75, 3.05) is 18.5 Å². The van der Waals surface area contributed by atoms with Crippen LogP contribution in [0.15, 0.2) is 48.5 Å². The number of hydrogen-bond donors (Lipinski definition) is 2. The summed E-state index contributed by atoms with van der Waals surface area (Å²) >= 11 is 0. The monoisotopic (exact) mass is 414 g/mol. The summed E-state index contributed by atoms with van der Waals surface area (Å²) in [4.78, 5) is 36.4. The quantitative estimate of drug-likeness (QED) is 0.648. The van der Waals surface area contributed by atoms with Crippen LogP contribution in [0.4, 0.5) is 10.1 Å². The van der Waals surface area contributed by atoms with Crippen molar-refractivity contribution in [3.05, 3.63) is 59.9 Å². The number of hydrogen-bond acceptors (Lipinski definition) is 5. The molecule has 0 aliphatic heterocycles. The summed E-state index contributed by atoms with van der Waals surface area (Å²) in [7, 11) is 0. The molecule has 3 rings (SSSR count). The predicted molar refractivity (Wildman–Crippen MR) is 108 cm³/mol. The molecule has 0 saturated heterocycles. The van der Waals surface area contributed by atoms with Gasteiger partial charge < -0.3 is 20.1 Å². The summed E-state index contributed by atoms with van der Waals surface area (Å²) in [5.41, 5.74) is 0.670.